The van der Waals surface area contributed by atoms with Gasteiger partial charge in [0.1, 0.15) is 0 Å². The molecule has 1 saturated heterocycles. The Bertz CT molecular complexity index is 1170. The van der Waals surface area contributed by atoms with E-state index in [0.717, 1.165) is 31.1 Å². The van der Waals surface area contributed by atoms with Crippen molar-refractivity contribution in [2.75, 3.05) is 25.9 Å². The summed E-state index contributed by atoms with van der Waals surface area (Å²) in [4.78, 5) is 28.5. The highest BCUT2D eigenvalue weighted by molar-refractivity contribution is 7.92. The molecule has 0 aromatic carbocycles. The monoisotopic (exact) mass is 458 g/mol. The summed E-state index contributed by atoms with van der Waals surface area (Å²) >= 11 is 0. The lowest BCUT2D eigenvalue weighted by atomic mass is 10.0. The first kappa shape index (κ1) is 22.4. The van der Waals surface area contributed by atoms with Crippen molar-refractivity contribution < 1.29 is 23.2 Å². The molecule has 10 heteroatoms. The molecule has 1 aromatic heterocycles. The van der Waals surface area contributed by atoms with E-state index in [4.69, 9.17) is 5.21 Å². The Kier molecular flexibility index (Phi) is 5.80. The third-order valence-electron chi connectivity index (χ3n) is 6.51. The molecule has 2 fully saturated rings. The molecule has 170 valence electrons. The predicted octanol–water partition coefficient (Wildman–Crippen LogP) is 0.420. The maximum Gasteiger partial charge on any atom is 0.328 e. The van der Waals surface area contributed by atoms with Crippen LogP contribution in [0.3, 0.4) is 0 Å². The fourth-order valence-corrected chi connectivity index (χ4v) is 4.83. The topological polar surface area (TPSA) is 112 Å². The van der Waals surface area contributed by atoms with Crippen LogP contribution in [-0.2, 0) is 21.2 Å². The van der Waals surface area contributed by atoms with Crippen molar-refractivity contribution in [1.29, 1.82) is 0 Å². The minimum atomic E-state index is -3.82. The molecule has 2 N–H and O–H groups in total. The van der Waals surface area contributed by atoms with E-state index in [1.54, 1.807) is 12.3 Å². The number of nitrogens with zero attached hydrogens (tertiary/aromatic N) is 3. The molecule has 2 aliphatic heterocycles. The molecule has 0 spiro atoms. The highest BCUT2D eigenvalue weighted by atomic mass is 32.2. The van der Waals surface area contributed by atoms with Crippen LogP contribution in [0.2, 0.25) is 0 Å². The van der Waals surface area contributed by atoms with Gasteiger partial charge in [-0.3, -0.25) is 19.5 Å². The Morgan fingerprint density at radius 3 is 2.62 bits per heavy atom. The fourth-order valence-electron chi connectivity index (χ4n) is 3.98. The van der Waals surface area contributed by atoms with Gasteiger partial charge in [-0.1, -0.05) is 11.8 Å². The summed E-state index contributed by atoms with van der Waals surface area (Å²) in [6, 6.07) is 2.28. The van der Waals surface area contributed by atoms with E-state index >= 15 is 0 Å². The molecule has 0 unspecified atom stereocenters. The molecular formula is C22H26N4O5S. The Hall–Kier alpha value is -2.79. The number of aromatic nitrogens is 1. The summed E-state index contributed by atoms with van der Waals surface area (Å²) in [7, 11) is -3.82. The van der Waals surface area contributed by atoms with Gasteiger partial charge in [-0.15, -0.1) is 0 Å². The third-order valence-corrected chi connectivity index (χ3v) is 8.53. The summed E-state index contributed by atoms with van der Waals surface area (Å²) in [5.74, 6) is 11.3. The Labute approximate surface area is 187 Å². The van der Waals surface area contributed by atoms with E-state index in [1.165, 1.54) is 34.7 Å². The average molecular weight is 459 g/mol. The van der Waals surface area contributed by atoms with Crippen LogP contribution in [0.1, 0.15) is 37.4 Å². The quantitative estimate of drug-likeness (QED) is 0.363. The van der Waals surface area contributed by atoms with Gasteiger partial charge in [0.05, 0.1) is 6.54 Å². The number of hydrogen-bond donors (Lipinski definition) is 2. The minimum absolute atomic E-state index is 0.0449. The van der Waals surface area contributed by atoms with Crippen molar-refractivity contribution >= 4 is 21.8 Å². The third kappa shape index (κ3) is 4.26. The second-order valence-electron chi connectivity index (χ2n) is 8.89. The van der Waals surface area contributed by atoms with Crippen LogP contribution in [-0.4, -0.2) is 76.6 Å². The van der Waals surface area contributed by atoms with Crippen molar-refractivity contribution in [1.82, 2.24) is 19.8 Å². The fraction of sp³-hybridized carbons (Fsp3) is 0.545. The van der Waals surface area contributed by atoms with Crippen LogP contribution in [0.15, 0.2) is 12.3 Å². The molecule has 1 saturated carbocycles. The number of hydrogen-bond acceptors (Lipinski definition) is 6. The van der Waals surface area contributed by atoms with Gasteiger partial charge in [0, 0.05) is 55.3 Å². The molecule has 2 amide bonds. The van der Waals surface area contributed by atoms with Crippen LogP contribution >= 0.6 is 0 Å². The van der Waals surface area contributed by atoms with E-state index in [-0.39, 0.29) is 25.5 Å². The van der Waals surface area contributed by atoms with Crippen LogP contribution in [0.5, 0.6) is 0 Å². The van der Waals surface area contributed by atoms with Crippen molar-refractivity contribution in [2.24, 2.45) is 5.92 Å². The van der Waals surface area contributed by atoms with E-state index in [2.05, 4.69) is 28.6 Å². The molecule has 1 aliphatic carbocycles. The molecule has 32 heavy (non-hydrogen) atoms. The maximum absolute atomic E-state index is 12.7. The standard InChI is InChI=1S/C22H26N4O5S/c1-22(20(27)23-29,32(2,30)31)9-10-24-15-19-11-16(14-26(19)21(24)28)5-3-4-6-17-12-25(13-17)18-7-8-18/h11,14,17-18,29H,7-10,12-13,15H2,1-2H3,(H,23,27)/t22-/m1/s1. The largest absolute Gasteiger partial charge is 0.328 e. The van der Waals surface area contributed by atoms with Gasteiger partial charge in [-0.2, -0.15) is 0 Å². The van der Waals surface area contributed by atoms with Gasteiger partial charge >= 0.3 is 6.03 Å². The molecule has 3 heterocycles. The predicted molar refractivity (Wildman–Crippen MR) is 116 cm³/mol. The number of carbonyl (C=O) groups is 2. The molecule has 0 radical (unpaired) electrons. The zero-order valence-corrected chi connectivity index (χ0v) is 18.9. The van der Waals surface area contributed by atoms with Gasteiger partial charge in [0.2, 0.25) is 0 Å². The molecule has 0 bridgehead atoms. The Morgan fingerprint density at radius 2 is 2.03 bits per heavy atom. The molecule has 9 nitrogen and oxygen atoms in total. The van der Waals surface area contributed by atoms with Gasteiger partial charge in [0.25, 0.3) is 5.91 Å². The van der Waals surface area contributed by atoms with E-state index in [9.17, 15) is 18.0 Å². The first-order valence-electron chi connectivity index (χ1n) is 10.5. The zero-order valence-electron chi connectivity index (χ0n) is 18.1. The number of sulfone groups is 1. The minimum Gasteiger partial charge on any atom is -0.318 e. The first-order chi connectivity index (χ1) is 15.1. The number of carbonyl (C=O) groups excluding carboxylic acids is 2. The van der Waals surface area contributed by atoms with Gasteiger partial charge in [-0.25, -0.2) is 18.7 Å². The average Bonchev–Trinajstić information content (AvgIpc) is 3.39. The lowest BCUT2D eigenvalue weighted by Crippen LogP contribution is -2.50. The second kappa shape index (κ2) is 8.28. The molecule has 3 aliphatic rings. The van der Waals surface area contributed by atoms with Gasteiger partial charge in [-0.05, 0) is 44.1 Å². The Balaban J connectivity index is 1.34. The number of hydroxylamine groups is 1. The van der Waals surface area contributed by atoms with E-state index in [1.807, 2.05) is 0 Å². The summed E-state index contributed by atoms with van der Waals surface area (Å²) in [6.45, 7) is 3.62. The smallest absolute Gasteiger partial charge is 0.318 e. The van der Waals surface area contributed by atoms with Crippen LogP contribution in [0, 0.1) is 29.6 Å². The first-order valence-corrected chi connectivity index (χ1v) is 12.4. The molecule has 4 rings (SSSR count). The second-order valence-corrected chi connectivity index (χ2v) is 11.3. The molecule has 1 aromatic rings. The summed E-state index contributed by atoms with van der Waals surface area (Å²) in [5, 5.41) is 8.92. The number of rotatable bonds is 6. The Morgan fingerprint density at radius 1 is 1.31 bits per heavy atom. The highest BCUT2D eigenvalue weighted by Gasteiger charge is 2.44. The SMILES string of the molecule is C[C@@](CCN1Cc2cc(C#CC#CC3CN(C4CC4)C3)cn2C1=O)(C(=O)NO)S(C)(=O)=O. The van der Waals surface area contributed by atoms with Gasteiger partial charge < -0.3 is 4.90 Å². The van der Waals surface area contributed by atoms with Gasteiger partial charge in [0.15, 0.2) is 14.6 Å². The molecular weight excluding hydrogens is 432 g/mol. The summed E-state index contributed by atoms with van der Waals surface area (Å²) < 4.78 is 23.8. The van der Waals surface area contributed by atoms with E-state index in [0.29, 0.717) is 11.5 Å². The van der Waals surface area contributed by atoms with Crippen LogP contribution in [0.25, 0.3) is 0 Å². The van der Waals surface area contributed by atoms with Crippen LogP contribution < -0.4 is 5.48 Å². The number of amides is 2. The van der Waals surface area contributed by atoms with Crippen LogP contribution in [0.4, 0.5) is 4.79 Å². The summed E-state index contributed by atoms with van der Waals surface area (Å²) in [6.07, 6.45) is 5.05. The summed E-state index contributed by atoms with van der Waals surface area (Å²) in [5.41, 5.74) is 2.84. The van der Waals surface area contributed by atoms with Crippen molar-refractivity contribution in [3.05, 3.63) is 23.5 Å². The van der Waals surface area contributed by atoms with Crippen molar-refractivity contribution in [3.8, 4) is 23.7 Å². The zero-order chi connectivity index (χ0) is 23.1. The molecule has 1 atom stereocenters. The van der Waals surface area contributed by atoms with Crippen molar-refractivity contribution in [2.45, 2.75) is 43.5 Å². The number of fused-ring (bicyclic) bond motifs is 1. The highest BCUT2D eigenvalue weighted by Crippen LogP contribution is 2.32. The normalized spacial score (nSPS) is 20.3. The van der Waals surface area contributed by atoms with E-state index < -0.39 is 20.5 Å². The lowest BCUT2D eigenvalue weighted by Gasteiger charge is -2.36. The number of nitrogens with one attached hydrogen (secondary N) is 1. The lowest BCUT2D eigenvalue weighted by molar-refractivity contribution is -0.131. The maximum atomic E-state index is 12.7. The van der Waals surface area contributed by atoms with Crippen molar-refractivity contribution in [3.63, 3.8) is 0 Å². The number of likely N-dealkylation sites (tertiary alicyclic amines) is 1.